The molecule has 2 aliphatic heterocycles. The number of thiophene rings is 1. The van der Waals surface area contributed by atoms with E-state index >= 15 is 0 Å². The third-order valence-electron chi connectivity index (χ3n) is 4.77. The molecule has 152 valence electrons. The molecule has 12 heteroatoms. The highest BCUT2D eigenvalue weighted by Crippen LogP contribution is 2.31. The summed E-state index contributed by atoms with van der Waals surface area (Å²) in [5.74, 6) is -0.501. The molecule has 1 amide bonds. The Morgan fingerprint density at radius 2 is 2.14 bits per heavy atom. The molecule has 28 heavy (non-hydrogen) atoms. The molecule has 1 N–H and O–H groups in total. The number of nitrogens with zero attached hydrogens (tertiary/aromatic N) is 3. The van der Waals surface area contributed by atoms with Crippen LogP contribution in [0.2, 0.25) is 4.34 Å². The number of aromatic nitrogens is 2. The summed E-state index contributed by atoms with van der Waals surface area (Å²) < 4.78 is 38.4. The summed E-state index contributed by atoms with van der Waals surface area (Å²) in [6.07, 6.45) is 2.66. The number of carbonyl (C=O) groups excluding carboxylic acids is 1. The van der Waals surface area contributed by atoms with Gasteiger partial charge in [-0.2, -0.15) is 4.31 Å². The zero-order valence-corrected chi connectivity index (χ0v) is 17.2. The lowest BCUT2D eigenvalue weighted by atomic mass is 9.99. The van der Waals surface area contributed by atoms with Gasteiger partial charge in [-0.25, -0.2) is 8.42 Å². The minimum Gasteiger partial charge on any atom is -0.405 e. The van der Waals surface area contributed by atoms with E-state index in [4.69, 9.17) is 20.8 Å². The van der Waals surface area contributed by atoms with Gasteiger partial charge in [0.25, 0.3) is 10.0 Å². The number of amides is 1. The number of hydrogen-bond acceptors (Lipinski definition) is 8. The largest absolute Gasteiger partial charge is 0.405 e. The van der Waals surface area contributed by atoms with E-state index in [1.807, 2.05) is 0 Å². The van der Waals surface area contributed by atoms with Crippen LogP contribution in [0.1, 0.15) is 37.7 Å². The highest BCUT2D eigenvalue weighted by Gasteiger charge is 2.34. The molecule has 0 aromatic carbocycles. The van der Waals surface area contributed by atoms with Crippen LogP contribution in [-0.4, -0.2) is 48.5 Å². The van der Waals surface area contributed by atoms with Crippen molar-refractivity contribution in [3.05, 3.63) is 22.4 Å². The molecule has 4 heterocycles. The summed E-state index contributed by atoms with van der Waals surface area (Å²) in [4.78, 5) is 12.6. The van der Waals surface area contributed by atoms with E-state index in [-0.39, 0.29) is 28.8 Å². The summed E-state index contributed by atoms with van der Waals surface area (Å²) in [7, 11) is -3.67. The molecule has 0 aliphatic carbocycles. The van der Waals surface area contributed by atoms with E-state index in [0.717, 1.165) is 24.2 Å². The standard InChI is InChI=1S/C16H19ClN4O5S2/c17-12-5-6-13(27-12)28(23,24)21-7-1-3-10(9-21)14(22)18-16-20-19-15(26-16)11-4-2-8-25-11/h5-6,10-11H,1-4,7-9H2,(H,18,20,22)/t10-,11-/m1/s1. The Labute approximate surface area is 171 Å². The minimum atomic E-state index is -3.67. The summed E-state index contributed by atoms with van der Waals surface area (Å²) >= 11 is 6.87. The van der Waals surface area contributed by atoms with Crippen molar-refractivity contribution in [3.8, 4) is 0 Å². The third-order valence-corrected chi connectivity index (χ3v) is 8.34. The van der Waals surface area contributed by atoms with Gasteiger partial charge in [0.15, 0.2) is 0 Å². The van der Waals surface area contributed by atoms with E-state index in [1.54, 1.807) is 6.07 Å². The second-order valence-electron chi connectivity index (χ2n) is 6.70. The Balaban J connectivity index is 1.41. The van der Waals surface area contributed by atoms with Crippen LogP contribution in [0, 0.1) is 5.92 Å². The molecule has 2 aromatic rings. The first-order valence-corrected chi connectivity index (χ1v) is 11.6. The van der Waals surface area contributed by atoms with Gasteiger partial charge in [-0.3, -0.25) is 10.1 Å². The maximum absolute atomic E-state index is 12.8. The highest BCUT2D eigenvalue weighted by atomic mass is 35.5. The Bertz CT molecular complexity index is 954. The van der Waals surface area contributed by atoms with Gasteiger partial charge in [0, 0.05) is 19.7 Å². The zero-order valence-electron chi connectivity index (χ0n) is 14.8. The van der Waals surface area contributed by atoms with E-state index in [1.165, 1.54) is 10.4 Å². The van der Waals surface area contributed by atoms with Crippen molar-refractivity contribution < 1.29 is 22.4 Å². The van der Waals surface area contributed by atoms with Crippen LogP contribution in [-0.2, 0) is 19.6 Å². The van der Waals surface area contributed by atoms with Crippen LogP contribution in [0.3, 0.4) is 0 Å². The topological polar surface area (TPSA) is 115 Å². The van der Waals surface area contributed by atoms with E-state index in [2.05, 4.69) is 15.5 Å². The highest BCUT2D eigenvalue weighted by molar-refractivity contribution is 7.91. The number of anilines is 1. The molecule has 0 bridgehead atoms. The van der Waals surface area contributed by atoms with Crippen molar-refractivity contribution in [3.63, 3.8) is 0 Å². The first kappa shape index (κ1) is 19.8. The molecular weight excluding hydrogens is 428 g/mol. The molecule has 0 radical (unpaired) electrons. The van der Waals surface area contributed by atoms with Gasteiger partial charge >= 0.3 is 6.01 Å². The molecule has 2 atom stereocenters. The van der Waals surface area contributed by atoms with Crippen molar-refractivity contribution in [2.45, 2.75) is 36.0 Å². The average Bonchev–Trinajstić information content (AvgIpc) is 3.43. The predicted octanol–water partition coefficient (Wildman–Crippen LogP) is 2.68. The normalized spacial score (nSPS) is 23.8. The SMILES string of the molecule is O=C(Nc1nnc([C@H]2CCCO2)o1)[C@@H]1CCCN(S(=O)(=O)c2ccc(Cl)s2)C1. The number of piperidine rings is 1. The van der Waals surface area contributed by atoms with Crippen LogP contribution in [0.4, 0.5) is 6.01 Å². The first-order chi connectivity index (χ1) is 13.4. The lowest BCUT2D eigenvalue weighted by Crippen LogP contribution is -2.43. The Kier molecular flexibility index (Phi) is 5.70. The fourth-order valence-electron chi connectivity index (χ4n) is 3.33. The number of ether oxygens (including phenoxy) is 1. The maximum Gasteiger partial charge on any atom is 0.322 e. The van der Waals surface area contributed by atoms with Gasteiger partial charge in [-0.1, -0.05) is 16.7 Å². The van der Waals surface area contributed by atoms with E-state index in [0.29, 0.717) is 36.2 Å². The molecule has 0 spiro atoms. The van der Waals surface area contributed by atoms with E-state index in [9.17, 15) is 13.2 Å². The molecule has 2 aliphatic rings. The molecule has 4 rings (SSSR count). The smallest absolute Gasteiger partial charge is 0.322 e. The Hall–Kier alpha value is -1.53. The van der Waals surface area contributed by atoms with Crippen LogP contribution in [0.5, 0.6) is 0 Å². The van der Waals surface area contributed by atoms with Crippen LogP contribution < -0.4 is 5.32 Å². The van der Waals surface area contributed by atoms with Crippen molar-refractivity contribution >= 4 is 44.9 Å². The lowest BCUT2D eigenvalue weighted by Gasteiger charge is -2.30. The fourth-order valence-corrected chi connectivity index (χ4v) is 6.49. The average molecular weight is 447 g/mol. The lowest BCUT2D eigenvalue weighted by molar-refractivity contribution is -0.121. The summed E-state index contributed by atoms with van der Waals surface area (Å²) in [6.45, 7) is 1.11. The number of nitrogens with one attached hydrogen (secondary N) is 1. The molecule has 0 unspecified atom stereocenters. The quantitative estimate of drug-likeness (QED) is 0.750. The number of rotatable bonds is 5. The fraction of sp³-hybridized carbons (Fsp3) is 0.562. The third kappa shape index (κ3) is 4.08. The maximum atomic E-state index is 12.8. The van der Waals surface area contributed by atoms with Gasteiger partial charge in [0.05, 0.1) is 10.3 Å². The monoisotopic (exact) mass is 446 g/mol. The second kappa shape index (κ2) is 8.07. The summed E-state index contributed by atoms with van der Waals surface area (Å²) in [5.41, 5.74) is 0. The van der Waals surface area contributed by atoms with Crippen LogP contribution >= 0.6 is 22.9 Å². The predicted molar refractivity (Wildman–Crippen MR) is 102 cm³/mol. The Morgan fingerprint density at radius 1 is 1.29 bits per heavy atom. The second-order valence-corrected chi connectivity index (χ2v) is 10.6. The molecule has 0 saturated carbocycles. The number of hydrogen-bond donors (Lipinski definition) is 1. The molecule has 2 saturated heterocycles. The van der Waals surface area contributed by atoms with Gasteiger partial charge in [-0.15, -0.1) is 16.4 Å². The van der Waals surface area contributed by atoms with Crippen molar-refractivity contribution in [2.75, 3.05) is 25.0 Å². The van der Waals surface area contributed by atoms with Crippen molar-refractivity contribution in [1.82, 2.24) is 14.5 Å². The van der Waals surface area contributed by atoms with Gasteiger partial charge in [-0.05, 0) is 37.8 Å². The Morgan fingerprint density at radius 3 is 2.86 bits per heavy atom. The zero-order chi connectivity index (χ0) is 19.7. The van der Waals surface area contributed by atoms with Gasteiger partial charge in [0.2, 0.25) is 11.8 Å². The molecule has 9 nitrogen and oxygen atoms in total. The summed E-state index contributed by atoms with van der Waals surface area (Å²) in [6, 6.07) is 3.03. The molecular formula is C16H19ClN4O5S2. The number of halogens is 1. The van der Waals surface area contributed by atoms with Gasteiger partial charge in [0.1, 0.15) is 10.3 Å². The summed E-state index contributed by atoms with van der Waals surface area (Å²) in [5, 5.41) is 10.4. The van der Waals surface area contributed by atoms with Crippen LogP contribution in [0.25, 0.3) is 0 Å². The van der Waals surface area contributed by atoms with E-state index < -0.39 is 15.9 Å². The number of carbonyl (C=O) groups is 1. The van der Waals surface area contributed by atoms with Gasteiger partial charge < -0.3 is 9.15 Å². The first-order valence-electron chi connectivity index (χ1n) is 8.95. The van der Waals surface area contributed by atoms with Crippen LogP contribution in [0.15, 0.2) is 20.8 Å². The van der Waals surface area contributed by atoms with Crippen molar-refractivity contribution in [2.24, 2.45) is 5.92 Å². The minimum absolute atomic E-state index is 0.000481. The molecule has 2 fully saturated rings. The molecule has 2 aromatic heterocycles. The van der Waals surface area contributed by atoms with Crippen molar-refractivity contribution in [1.29, 1.82) is 0 Å². The number of sulfonamides is 1.